The van der Waals surface area contributed by atoms with Crippen molar-refractivity contribution in [2.24, 2.45) is 0 Å². The van der Waals surface area contributed by atoms with Gasteiger partial charge < -0.3 is 15.2 Å². The van der Waals surface area contributed by atoms with Crippen molar-refractivity contribution in [1.82, 2.24) is 10.3 Å². The summed E-state index contributed by atoms with van der Waals surface area (Å²) in [5.74, 6) is -1.59. The van der Waals surface area contributed by atoms with Gasteiger partial charge in [-0.05, 0) is 56.4 Å². The molecule has 2 N–H and O–H groups in total. The summed E-state index contributed by atoms with van der Waals surface area (Å²) in [5, 5.41) is 12.8. The minimum absolute atomic E-state index is 0.152. The number of aliphatic carboxylic acids is 1. The molecule has 1 unspecified atom stereocenters. The predicted octanol–water partition coefficient (Wildman–Crippen LogP) is 3.08. The minimum Gasteiger partial charge on any atom is -0.479 e. The number of thiazole rings is 1. The molecule has 3 atom stereocenters. The van der Waals surface area contributed by atoms with E-state index in [1.165, 1.54) is 23.5 Å². The summed E-state index contributed by atoms with van der Waals surface area (Å²) < 4.78 is 18.5. The molecule has 1 aliphatic heterocycles. The second kappa shape index (κ2) is 7.36. The van der Waals surface area contributed by atoms with Crippen LogP contribution < -0.4 is 5.32 Å². The van der Waals surface area contributed by atoms with Gasteiger partial charge in [-0.3, -0.25) is 4.79 Å². The molecule has 0 bridgehead atoms. The number of carbonyl (C=O) groups excluding carboxylic acids is 1. The van der Waals surface area contributed by atoms with Crippen LogP contribution in [0.2, 0.25) is 0 Å². The highest BCUT2D eigenvalue weighted by molar-refractivity contribution is 7.15. The zero-order valence-corrected chi connectivity index (χ0v) is 15.3. The van der Waals surface area contributed by atoms with Gasteiger partial charge in [0.1, 0.15) is 16.9 Å². The largest absolute Gasteiger partial charge is 0.479 e. The second-order valence-corrected chi connectivity index (χ2v) is 7.85. The third kappa shape index (κ3) is 3.72. The average molecular weight is 390 g/mol. The average Bonchev–Trinajstić information content (AvgIpc) is 3.30. The van der Waals surface area contributed by atoms with E-state index < -0.39 is 18.2 Å². The van der Waals surface area contributed by atoms with Crippen LogP contribution in [0.3, 0.4) is 0 Å². The van der Waals surface area contributed by atoms with Gasteiger partial charge in [0.15, 0.2) is 6.10 Å². The number of nitrogens with zero attached hydrogens (tertiary/aromatic N) is 1. The van der Waals surface area contributed by atoms with Gasteiger partial charge in [0.25, 0.3) is 0 Å². The second-order valence-electron chi connectivity index (χ2n) is 6.82. The number of halogens is 1. The number of nitrogens with one attached hydrogen (secondary N) is 1. The van der Waals surface area contributed by atoms with Gasteiger partial charge in [-0.1, -0.05) is 0 Å². The van der Waals surface area contributed by atoms with E-state index in [2.05, 4.69) is 10.3 Å². The molecule has 1 aliphatic carbocycles. The number of aryl methyl sites for hydroxylation is 1. The number of carboxylic acid groups (broad SMARTS) is 1. The third-order valence-corrected chi connectivity index (χ3v) is 6.21. The van der Waals surface area contributed by atoms with Crippen molar-refractivity contribution < 1.29 is 23.8 Å². The Morgan fingerprint density at radius 2 is 1.93 bits per heavy atom. The van der Waals surface area contributed by atoms with Gasteiger partial charge in [-0.25, -0.2) is 14.2 Å². The number of hydrogen-bond acceptors (Lipinski definition) is 5. The summed E-state index contributed by atoms with van der Waals surface area (Å²) in [5.41, 5.74) is 1.82. The Bertz CT molecular complexity index is 867. The number of benzene rings is 1. The summed E-state index contributed by atoms with van der Waals surface area (Å²) in [6.07, 6.45) is 1.69. The molecule has 1 fully saturated rings. The minimum atomic E-state index is -1.03. The first kappa shape index (κ1) is 18.1. The maximum atomic E-state index is 13.1. The molecule has 27 heavy (non-hydrogen) atoms. The van der Waals surface area contributed by atoms with Crippen LogP contribution in [0, 0.1) is 5.82 Å². The number of hydrogen-bond donors (Lipinski definition) is 2. The highest BCUT2D eigenvalue weighted by atomic mass is 32.1. The van der Waals surface area contributed by atoms with Gasteiger partial charge in [-0.2, -0.15) is 0 Å². The van der Waals surface area contributed by atoms with Gasteiger partial charge in [-0.15, -0.1) is 11.3 Å². The zero-order chi connectivity index (χ0) is 19.0. The first-order valence-corrected chi connectivity index (χ1v) is 9.77. The third-order valence-electron chi connectivity index (χ3n) is 4.95. The van der Waals surface area contributed by atoms with E-state index in [0.717, 1.165) is 40.4 Å². The molecule has 1 saturated heterocycles. The normalized spacial score (nSPS) is 24.4. The predicted molar refractivity (Wildman–Crippen MR) is 96.9 cm³/mol. The lowest BCUT2D eigenvalue weighted by molar-refractivity contribution is -0.151. The monoisotopic (exact) mass is 390 g/mol. The zero-order valence-electron chi connectivity index (χ0n) is 14.5. The maximum absolute atomic E-state index is 13.1. The van der Waals surface area contributed by atoms with E-state index in [-0.39, 0.29) is 17.8 Å². The van der Waals surface area contributed by atoms with E-state index in [9.17, 15) is 14.0 Å². The Morgan fingerprint density at radius 1 is 1.19 bits per heavy atom. The SMILES string of the molecule is O=C(NC1CCCc2nc(-c3ccc(F)cc3)sc21)[C@@H]1CC[C@H](C(=O)O)O1. The highest BCUT2D eigenvalue weighted by Gasteiger charge is 2.36. The van der Waals surface area contributed by atoms with Crippen LogP contribution in [0.5, 0.6) is 0 Å². The first-order valence-electron chi connectivity index (χ1n) is 8.95. The van der Waals surface area contributed by atoms with Crippen LogP contribution in [0.1, 0.15) is 42.3 Å². The topological polar surface area (TPSA) is 88.5 Å². The molecule has 8 heteroatoms. The first-order chi connectivity index (χ1) is 13.0. The lowest BCUT2D eigenvalue weighted by Crippen LogP contribution is -2.38. The Balaban J connectivity index is 1.49. The molecule has 0 radical (unpaired) electrons. The fourth-order valence-electron chi connectivity index (χ4n) is 3.55. The Hall–Kier alpha value is -2.32. The van der Waals surface area contributed by atoms with Crippen molar-refractivity contribution in [2.75, 3.05) is 0 Å². The summed E-state index contributed by atoms with van der Waals surface area (Å²) in [4.78, 5) is 29.2. The molecule has 2 heterocycles. The number of rotatable bonds is 4. The van der Waals surface area contributed by atoms with E-state index in [4.69, 9.17) is 9.84 Å². The van der Waals surface area contributed by atoms with Crippen molar-refractivity contribution in [3.05, 3.63) is 40.7 Å². The summed E-state index contributed by atoms with van der Waals surface area (Å²) in [6.45, 7) is 0. The van der Waals surface area contributed by atoms with Crippen molar-refractivity contribution in [2.45, 2.75) is 50.4 Å². The quantitative estimate of drug-likeness (QED) is 0.838. The van der Waals surface area contributed by atoms with Crippen LogP contribution in [0.25, 0.3) is 10.6 Å². The van der Waals surface area contributed by atoms with E-state index in [0.29, 0.717) is 12.8 Å². The summed E-state index contributed by atoms with van der Waals surface area (Å²) >= 11 is 1.51. The van der Waals surface area contributed by atoms with E-state index >= 15 is 0 Å². The van der Waals surface area contributed by atoms with Crippen LogP contribution in [0.4, 0.5) is 4.39 Å². The fourth-order valence-corrected chi connectivity index (χ4v) is 4.75. The van der Waals surface area contributed by atoms with Crippen LogP contribution in [0.15, 0.2) is 24.3 Å². The fraction of sp³-hybridized carbons (Fsp3) is 0.421. The molecule has 2 aromatic rings. The molecule has 6 nitrogen and oxygen atoms in total. The molecule has 0 spiro atoms. The Labute approximate surface area is 159 Å². The molecule has 1 aromatic heterocycles. The van der Waals surface area contributed by atoms with Gasteiger partial charge >= 0.3 is 5.97 Å². The van der Waals surface area contributed by atoms with Crippen LogP contribution in [-0.4, -0.2) is 34.2 Å². The molecular weight excluding hydrogens is 371 g/mol. The number of carbonyl (C=O) groups is 2. The van der Waals surface area contributed by atoms with Gasteiger partial charge in [0.2, 0.25) is 5.91 Å². The summed E-state index contributed by atoms with van der Waals surface area (Å²) in [7, 11) is 0. The smallest absolute Gasteiger partial charge is 0.332 e. The van der Waals surface area contributed by atoms with Crippen LogP contribution in [-0.2, 0) is 20.7 Å². The molecule has 1 amide bonds. The number of aromatic nitrogens is 1. The lowest BCUT2D eigenvalue weighted by atomic mass is 9.97. The number of amides is 1. The van der Waals surface area contributed by atoms with Crippen LogP contribution >= 0.6 is 11.3 Å². The number of ether oxygens (including phenoxy) is 1. The maximum Gasteiger partial charge on any atom is 0.332 e. The Morgan fingerprint density at radius 3 is 2.63 bits per heavy atom. The van der Waals surface area contributed by atoms with E-state index in [1.54, 1.807) is 12.1 Å². The summed E-state index contributed by atoms with van der Waals surface area (Å²) in [6, 6.07) is 6.06. The lowest BCUT2D eigenvalue weighted by Gasteiger charge is -2.23. The van der Waals surface area contributed by atoms with Crippen molar-refractivity contribution in [3.63, 3.8) is 0 Å². The molecular formula is C19H19FN2O4S. The number of carboxylic acids is 1. The standard InChI is InChI=1S/C19H19FN2O4S/c20-11-6-4-10(5-7-11)18-22-13-3-1-2-12(16(13)27-18)21-17(23)14-8-9-15(26-14)19(24)25/h4-7,12,14-15H,1-3,8-9H2,(H,21,23)(H,24,25)/t12?,14-,15+/m0/s1. The molecule has 2 aliphatic rings. The van der Waals surface area contributed by atoms with Crippen molar-refractivity contribution in [3.8, 4) is 10.6 Å². The van der Waals surface area contributed by atoms with Crippen molar-refractivity contribution in [1.29, 1.82) is 0 Å². The number of fused-ring (bicyclic) bond motifs is 1. The van der Waals surface area contributed by atoms with Gasteiger partial charge in [0, 0.05) is 5.56 Å². The Kier molecular flexibility index (Phi) is 4.92. The van der Waals surface area contributed by atoms with Gasteiger partial charge in [0.05, 0.1) is 16.6 Å². The van der Waals surface area contributed by atoms with Crippen molar-refractivity contribution >= 4 is 23.2 Å². The molecule has 1 aromatic carbocycles. The highest BCUT2D eigenvalue weighted by Crippen LogP contribution is 2.38. The molecule has 4 rings (SSSR count). The molecule has 142 valence electrons. The van der Waals surface area contributed by atoms with E-state index in [1.807, 2.05) is 0 Å². The molecule has 0 saturated carbocycles.